The maximum atomic E-state index is 5.41. The fourth-order valence-electron chi connectivity index (χ4n) is 2.51. The van der Waals surface area contributed by atoms with E-state index in [1.54, 1.807) is 39.7 Å². The minimum atomic E-state index is 0.366. The molecule has 0 saturated carbocycles. The van der Waals surface area contributed by atoms with Crippen molar-refractivity contribution in [3.8, 4) is 28.6 Å². The zero-order valence-corrected chi connectivity index (χ0v) is 17.3. The molecule has 27 heavy (non-hydrogen) atoms. The molecule has 0 spiro atoms. The minimum Gasteiger partial charge on any atom is -0.493 e. The van der Waals surface area contributed by atoms with Crippen molar-refractivity contribution >= 4 is 34.4 Å². The Kier molecular flexibility index (Phi) is 5.92. The van der Waals surface area contributed by atoms with Crippen molar-refractivity contribution in [3.05, 3.63) is 51.2 Å². The van der Waals surface area contributed by atoms with Crippen LogP contribution >= 0.6 is 28.1 Å². The Morgan fingerprint density at radius 2 is 1.81 bits per heavy atom. The molecule has 0 unspecified atom stereocenters. The fraction of sp³-hybridized carbons (Fsp3) is 0.167. The molecule has 0 fully saturated rings. The first-order chi connectivity index (χ1) is 13.1. The van der Waals surface area contributed by atoms with Crippen LogP contribution in [0, 0.1) is 4.77 Å². The molecule has 1 N–H and O–H groups in total. The third kappa shape index (κ3) is 4.04. The largest absolute Gasteiger partial charge is 0.493 e. The first-order valence-electron chi connectivity index (χ1n) is 7.85. The van der Waals surface area contributed by atoms with Gasteiger partial charge < -0.3 is 14.2 Å². The summed E-state index contributed by atoms with van der Waals surface area (Å²) in [6.07, 6.45) is 1.71. The van der Waals surface area contributed by atoms with E-state index >= 15 is 0 Å². The van der Waals surface area contributed by atoms with Gasteiger partial charge in [0.05, 0.1) is 27.5 Å². The molecular weight excluding hydrogens is 432 g/mol. The van der Waals surface area contributed by atoms with Gasteiger partial charge >= 0.3 is 0 Å². The molecule has 1 heterocycles. The van der Waals surface area contributed by atoms with Crippen molar-refractivity contribution in [2.75, 3.05) is 21.3 Å². The second-order valence-electron chi connectivity index (χ2n) is 5.38. The summed E-state index contributed by atoms with van der Waals surface area (Å²) in [5, 5.41) is 11.5. The molecule has 7 nitrogen and oxygen atoms in total. The molecule has 1 aromatic heterocycles. The van der Waals surface area contributed by atoms with Crippen LogP contribution in [0.25, 0.3) is 11.4 Å². The molecule has 0 aliphatic rings. The number of ether oxygens (including phenoxy) is 3. The van der Waals surface area contributed by atoms with Gasteiger partial charge in [-0.05, 0) is 42.0 Å². The zero-order chi connectivity index (χ0) is 19.4. The second-order valence-corrected chi connectivity index (χ2v) is 6.68. The first-order valence-corrected chi connectivity index (χ1v) is 9.05. The monoisotopic (exact) mass is 448 g/mol. The van der Waals surface area contributed by atoms with Gasteiger partial charge in [-0.2, -0.15) is 14.9 Å². The van der Waals surface area contributed by atoms with Gasteiger partial charge in [-0.25, -0.2) is 5.10 Å². The van der Waals surface area contributed by atoms with E-state index in [1.165, 1.54) is 4.68 Å². The number of rotatable bonds is 6. The lowest BCUT2D eigenvalue weighted by atomic mass is 10.1. The third-order valence-electron chi connectivity index (χ3n) is 3.74. The molecule has 0 bridgehead atoms. The number of hydrogen-bond acceptors (Lipinski definition) is 6. The number of benzene rings is 2. The summed E-state index contributed by atoms with van der Waals surface area (Å²) in [5.41, 5.74) is 1.63. The highest BCUT2D eigenvalue weighted by molar-refractivity contribution is 9.10. The van der Waals surface area contributed by atoms with Gasteiger partial charge in [-0.15, -0.1) is 0 Å². The van der Waals surface area contributed by atoms with Crippen molar-refractivity contribution in [2.45, 2.75) is 0 Å². The van der Waals surface area contributed by atoms with E-state index in [0.29, 0.717) is 33.4 Å². The Balaban J connectivity index is 2.08. The quantitative estimate of drug-likeness (QED) is 0.449. The molecule has 0 atom stereocenters. The van der Waals surface area contributed by atoms with Crippen LogP contribution in [0.2, 0.25) is 0 Å². The number of hydrogen-bond donors (Lipinski definition) is 1. The van der Waals surface area contributed by atoms with Gasteiger partial charge in [0.15, 0.2) is 17.3 Å². The smallest absolute Gasteiger partial charge is 0.216 e. The Morgan fingerprint density at radius 3 is 2.41 bits per heavy atom. The van der Waals surface area contributed by atoms with Crippen LogP contribution in [0.1, 0.15) is 5.56 Å². The molecule has 2 aromatic carbocycles. The zero-order valence-electron chi connectivity index (χ0n) is 14.9. The number of aromatic nitrogens is 3. The summed E-state index contributed by atoms with van der Waals surface area (Å²) in [4.78, 5) is 0. The number of aromatic amines is 1. The molecular formula is C18H17BrN4O3S. The maximum absolute atomic E-state index is 5.41. The van der Waals surface area contributed by atoms with Crippen molar-refractivity contribution in [2.24, 2.45) is 5.10 Å². The lowest BCUT2D eigenvalue weighted by molar-refractivity contribution is 0.324. The van der Waals surface area contributed by atoms with Crippen LogP contribution < -0.4 is 14.2 Å². The van der Waals surface area contributed by atoms with E-state index in [9.17, 15) is 0 Å². The van der Waals surface area contributed by atoms with Crippen LogP contribution in [0.3, 0.4) is 0 Å². The van der Waals surface area contributed by atoms with Gasteiger partial charge in [-0.3, -0.25) is 0 Å². The van der Waals surface area contributed by atoms with Crippen LogP contribution in [-0.4, -0.2) is 42.4 Å². The van der Waals surface area contributed by atoms with Crippen molar-refractivity contribution in [1.82, 2.24) is 14.9 Å². The highest BCUT2D eigenvalue weighted by atomic mass is 79.9. The second kappa shape index (κ2) is 8.36. The van der Waals surface area contributed by atoms with Gasteiger partial charge in [0, 0.05) is 10.0 Å². The van der Waals surface area contributed by atoms with E-state index < -0.39 is 0 Å². The molecule has 140 valence electrons. The van der Waals surface area contributed by atoms with Crippen molar-refractivity contribution < 1.29 is 14.2 Å². The summed E-state index contributed by atoms with van der Waals surface area (Å²) in [7, 11) is 4.67. The predicted molar refractivity (Wildman–Crippen MR) is 110 cm³/mol. The molecule has 0 aliphatic carbocycles. The first kappa shape index (κ1) is 19.1. The van der Waals surface area contributed by atoms with E-state index in [-0.39, 0.29) is 0 Å². The number of nitrogens with zero attached hydrogens (tertiary/aromatic N) is 3. The molecule has 3 rings (SSSR count). The number of halogens is 1. The number of methoxy groups -OCH3 is 3. The van der Waals surface area contributed by atoms with Crippen LogP contribution in [0.15, 0.2) is 46.0 Å². The minimum absolute atomic E-state index is 0.366. The summed E-state index contributed by atoms with van der Waals surface area (Å²) in [5.74, 6) is 2.05. The van der Waals surface area contributed by atoms with E-state index in [2.05, 4.69) is 31.2 Å². The highest BCUT2D eigenvalue weighted by Gasteiger charge is 2.17. The fourth-order valence-corrected chi connectivity index (χ4v) is 3.10. The molecule has 0 radical (unpaired) electrons. The lowest BCUT2D eigenvalue weighted by Crippen LogP contribution is -1.99. The predicted octanol–water partition coefficient (Wildman–Crippen LogP) is 4.28. The topological polar surface area (TPSA) is 73.7 Å². The summed E-state index contributed by atoms with van der Waals surface area (Å²) < 4.78 is 19.0. The Labute approximate surface area is 169 Å². The Morgan fingerprint density at radius 1 is 1.11 bits per heavy atom. The number of H-pyrrole nitrogens is 1. The van der Waals surface area contributed by atoms with E-state index in [4.69, 9.17) is 26.4 Å². The summed E-state index contributed by atoms with van der Waals surface area (Å²) in [6, 6.07) is 11.3. The van der Waals surface area contributed by atoms with Crippen LogP contribution in [-0.2, 0) is 0 Å². The maximum Gasteiger partial charge on any atom is 0.216 e. The number of nitrogens with one attached hydrogen (secondary N) is 1. The standard InChI is InChI=1S/C18H17BrN4O3S/c1-24-14-8-12(9-15(25-2)16(14)26-3)17-21-22-18(27)23(17)20-10-11-5-4-6-13(19)7-11/h4-10H,1-3H3,(H,22,27). The third-order valence-corrected chi connectivity index (χ3v) is 4.50. The van der Waals surface area contributed by atoms with Crippen LogP contribution in [0.4, 0.5) is 0 Å². The van der Waals surface area contributed by atoms with Gasteiger partial charge in [0.1, 0.15) is 0 Å². The molecule has 0 saturated heterocycles. The molecule has 9 heteroatoms. The molecule has 0 aliphatic heterocycles. The van der Waals surface area contributed by atoms with Crippen molar-refractivity contribution in [3.63, 3.8) is 0 Å². The van der Waals surface area contributed by atoms with Crippen molar-refractivity contribution in [1.29, 1.82) is 0 Å². The normalized spacial score (nSPS) is 11.0. The summed E-state index contributed by atoms with van der Waals surface area (Å²) in [6.45, 7) is 0. The van der Waals surface area contributed by atoms with Gasteiger partial charge in [-0.1, -0.05) is 28.1 Å². The lowest BCUT2D eigenvalue weighted by Gasteiger charge is -2.13. The van der Waals surface area contributed by atoms with Crippen LogP contribution in [0.5, 0.6) is 17.2 Å². The average molecular weight is 449 g/mol. The Hall–Kier alpha value is -2.65. The molecule has 3 aromatic rings. The van der Waals surface area contributed by atoms with Gasteiger partial charge in [0.25, 0.3) is 0 Å². The van der Waals surface area contributed by atoms with E-state index in [0.717, 1.165) is 10.0 Å². The average Bonchev–Trinajstić information content (AvgIpc) is 3.05. The Bertz CT molecular complexity index is 1020. The summed E-state index contributed by atoms with van der Waals surface area (Å²) >= 11 is 8.76. The molecule has 0 amide bonds. The highest BCUT2D eigenvalue weighted by Crippen LogP contribution is 2.40. The van der Waals surface area contributed by atoms with Gasteiger partial charge in [0.2, 0.25) is 10.5 Å². The SMILES string of the molecule is COc1cc(-c2n[nH]c(=S)n2N=Cc2cccc(Br)c2)cc(OC)c1OC. The van der Waals surface area contributed by atoms with E-state index in [1.807, 2.05) is 24.3 Å².